The van der Waals surface area contributed by atoms with Gasteiger partial charge in [-0.3, -0.25) is 0 Å². The Bertz CT molecular complexity index is 3020. The molecular weight excluding hydrogens is 691 g/mol. The molecule has 1 aliphatic rings. The predicted octanol–water partition coefficient (Wildman–Crippen LogP) is 14.8. The number of para-hydroxylation sites is 3. The Balaban J connectivity index is 1.14. The lowest BCUT2D eigenvalue weighted by Crippen LogP contribution is -2.28. The van der Waals surface area contributed by atoms with Gasteiger partial charge in [0, 0.05) is 33.3 Å². The van der Waals surface area contributed by atoms with E-state index in [1.165, 1.54) is 38.9 Å². The van der Waals surface area contributed by atoms with Crippen LogP contribution in [0.25, 0.3) is 55.3 Å². The van der Waals surface area contributed by atoms with E-state index < -0.39 is 5.41 Å². The third-order valence-corrected chi connectivity index (χ3v) is 11.8. The van der Waals surface area contributed by atoms with Gasteiger partial charge in [-0.2, -0.15) is 0 Å². The van der Waals surface area contributed by atoms with Gasteiger partial charge >= 0.3 is 0 Å². The second-order valence-electron chi connectivity index (χ2n) is 14.8. The van der Waals surface area contributed by atoms with Crippen molar-refractivity contribution in [3.8, 4) is 33.4 Å². The molecule has 0 fully saturated rings. The SMILES string of the molecule is c1ccc(-c2ccccc2N(c2ccc(-c3cccc4c3oc3ccccc34)cc2)c2ccc3c(c2)C(c2ccccc2)(c2ccccc2)c2ccccc2-3)cc1. The third-order valence-electron chi connectivity index (χ3n) is 11.8. The third kappa shape index (κ3) is 5.18. The lowest BCUT2D eigenvalue weighted by molar-refractivity contribution is 0.670. The topological polar surface area (TPSA) is 16.4 Å². The molecule has 0 N–H and O–H groups in total. The summed E-state index contributed by atoms with van der Waals surface area (Å²) in [5.41, 5.74) is 16.7. The van der Waals surface area contributed by atoms with Gasteiger partial charge in [0.2, 0.25) is 0 Å². The van der Waals surface area contributed by atoms with E-state index in [1.54, 1.807) is 0 Å². The summed E-state index contributed by atoms with van der Waals surface area (Å²) < 4.78 is 6.47. The first-order valence-electron chi connectivity index (χ1n) is 19.6. The fourth-order valence-corrected chi connectivity index (χ4v) is 9.29. The molecule has 1 aromatic heterocycles. The normalized spacial score (nSPS) is 12.7. The molecule has 0 radical (unpaired) electrons. The van der Waals surface area contributed by atoms with Crippen molar-refractivity contribution in [2.45, 2.75) is 5.41 Å². The van der Waals surface area contributed by atoms with Gasteiger partial charge in [0.1, 0.15) is 11.2 Å². The van der Waals surface area contributed by atoms with E-state index in [2.05, 4.69) is 217 Å². The van der Waals surface area contributed by atoms with Crippen LogP contribution in [0.1, 0.15) is 22.3 Å². The lowest BCUT2D eigenvalue weighted by Gasteiger charge is -2.35. The zero-order chi connectivity index (χ0) is 37.8. The summed E-state index contributed by atoms with van der Waals surface area (Å²) in [7, 11) is 0. The highest BCUT2D eigenvalue weighted by atomic mass is 16.3. The van der Waals surface area contributed by atoms with Gasteiger partial charge in [-0.1, -0.05) is 188 Å². The number of furan rings is 1. The molecule has 57 heavy (non-hydrogen) atoms. The Kier molecular flexibility index (Phi) is 7.75. The van der Waals surface area contributed by atoms with Crippen molar-refractivity contribution in [3.05, 3.63) is 247 Å². The number of hydrogen-bond acceptors (Lipinski definition) is 2. The van der Waals surface area contributed by atoms with Crippen LogP contribution in [0.4, 0.5) is 17.1 Å². The van der Waals surface area contributed by atoms with Crippen LogP contribution in [0.2, 0.25) is 0 Å². The molecular formula is C55H37NO. The molecule has 1 heterocycles. The van der Waals surface area contributed by atoms with Crippen molar-refractivity contribution < 1.29 is 4.42 Å². The Morgan fingerprint density at radius 2 is 0.895 bits per heavy atom. The molecule has 9 aromatic carbocycles. The molecule has 1 aliphatic carbocycles. The van der Waals surface area contributed by atoms with Gasteiger partial charge < -0.3 is 9.32 Å². The molecule has 11 rings (SSSR count). The van der Waals surface area contributed by atoms with Crippen molar-refractivity contribution in [3.63, 3.8) is 0 Å². The quantitative estimate of drug-likeness (QED) is 0.163. The summed E-state index contributed by atoms with van der Waals surface area (Å²) in [5.74, 6) is 0. The van der Waals surface area contributed by atoms with Crippen LogP contribution in [0.5, 0.6) is 0 Å². The van der Waals surface area contributed by atoms with Crippen LogP contribution >= 0.6 is 0 Å². The van der Waals surface area contributed by atoms with Crippen molar-refractivity contribution in [1.82, 2.24) is 0 Å². The average molecular weight is 728 g/mol. The first-order chi connectivity index (χ1) is 28.3. The number of hydrogen-bond donors (Lipinski definition) is 0. The molecule has 0 saturated carbocycles. The van der Waals surface area contributed by atoms with Crippen molar-refractivity contribution in [2.24, 2.45) is 0 Å². The van der Waals surface area contributed by atoms with E-state index in [0.717, 1.165) is 55.7 Å². The van der Waals surface area contributed by atoms with E-state index in [4.69, 9.17) is 4.42 Å². The van der Waals surface area contributed by atoms with Crippen LogP contribution < -0.4 is 4.90 Å². The maximum absolute atomic E-state index is 6.47. The Labute approximate surface area is 332 Å². The summed E-state index contributed by atoms with van der Waals surface area (Å²) in [6, 6.07) is 81.2. The fourth-order valence-electron chi connectivity index (χ4n) is 9.29. The highest BCUT2D eigenvalue weighted by Crippen LogP contribution is 2.57. The standard InChI is InChI=1S/C55H37NO/c1-4-17-38(18-5-1)44-23-11-14-29-52(44)56(42-33-31-39(32-34-42)45-26-16-27-49-48-25-12-15-30-53(48)57-54(45)49)43-35-36-47-46-24-10-13-28-50(46)55(51(47)37-43,40-19-6-2-7-20-40)41-21-8-3-9-22-41/h1-37H. The van der Waals surface area contributed by atoms with Crippen molar-refractivity contribution >= 4 is 39.0 Å². The van der Waals surface area contributed by atoms with Gasteiger partial charge in [-0.25, -0.2) is 0 Å². The zero-order valence-corrected chi connectivity index (χ0v) is 31.2. The van der Waals surface area contributed by atoms with Gasteiger partial charge in [0.15, 0.2) is 0 Å². The minimum absolute atomic E-state index is 0.510. The number of fused-ring (bicyclic) bond motifs is 6. The molecule has 2 nitrogen and oxygen atoms in total. The summed E-state index contributed by atoms with van der Waals surface area (Å²) in [6.45, 7) is 0. The fraction of sp³-hybridized carbons (Fsp3) is 0.0182. The molecule has 0 amide bonds. The number of nitrogens with zero attached hydrogens (tertiary/aromatic N) is 1. The van der Waals surface area contributed by atoms with Crippen LogP contribution in [-0.2, 0) is 5.41 Å². The molecule has 0 unspecified atom stereocenters. The Hall–Kier alpha value is -7.42. The maximum Gasteiger partial charge on any atom is 0.143 e. The van der Waals surface area contributed by atoms with E-state index in [0.29, 0.717) is 0 Å². The molecule has 268 valence electrons. The largest absolute Gasteiger partial charge is 0.455 e. The second-order valence-corrected chi connectivity index (χ2v) is 14.8. The molecule has 0 saturated heterocycles. The highest BCUT2D eigenvalue weighted by molar-refractivity contribution is 6.09. The Morgan fingerprint density at radius 3 is 1.65 bits per heavy atom. The molecule has 0 bridgehead atoms. The minimum atomic E-state index is -0.510. The summed E-state index contributed by atoms with van der Waals surface area (Å²) in [4.78, 5) is 2.43. The first kappa shape index (κ1) is 33.0. The van der Waals surface area contributed by atoms with Crippen molar-refractivity contribution in [1.29, 1.82) is 0 Å². The predicted molar refractivity (Wildman–Crippen MR) is 237 cm³/mol. The van der Waals surface area contributed by atoms with E-state index >= 15 is 0 Å². The highest BCUT2D eigenvalue weighted by Gasteiger charge is 2.46. The molecule has 0 aliphatic heterocycles. The molecule has 10 aromatic rings. The van der Waals surface area contributed by atoms with Crippen LogP contribution in [0.15, 0.2) is 229 Å². The molecule has 2 heteroatoms. The summed E-state index contributed by atoms with van der Waals surface area (Å²) in [6.07, 6.45) is 0. The number of rotatable bonds is 7. The number of benzene rings is 9. The zero-order valence-electron chi connectivity index (χ0n) is 31.2. The van der Waals surface area contributed by atoms with E-state index in [9.17, 15) is 0 Å². The van der Waals surface area contributed by atoms with Gasteiger partial charge in [0.25, 0.3) is 0 Å². The van der Waals surface area contributed by atoms with Crippen LogP contribution in [0.3, 0.4) is 0 Å². The molecule has 0 spiro atoms. The summed E-state index contributed by atoms with van der Waals surface area (Å²) >= 11 is 0. The first-order valence-corrected chi connectivity index (χ1v) is 19.6. The van der Waals surface area contributed by atoms with Crippen molar-refractivity contribution in [2.75, 3.05) is 4.90 Å². The van der Waals surface area contributed by atoms with Crippen LogP contribution in [-0.4, -0.2) is 0 Å². The molecule has 0 atom stereocenters. The lowest BCUT2D eigenvalue weighted by atomic mass is 9.67. The van der Waals surface area contributed by atoms with Gasteiger partial charge in [-0.15, -0.1) is 0 Å². The smallest absolute Gasteiger partial charge is 0.143 e. The number of anilines is 3. The monoisotopic (exact) mass is 727 g/mol. The van der Waals surface area contributed by atoms with E-state index in [1.807, 2.05) is 12.1 Å². The Morgan fingerprint density at radius 1 is 0.351 bits per heavy atom. The van der Waals surface area contributed by atoms with Crippen LogP contribution in [0, 0.1) is 0 Å². The second kappa shape index (κ2) is 13.4. The van der Waals surface area contributed by atoms with Gasteiger partial charge in [0.05, 0.1) is 11.1 Å². The summed E-state index contributed by atoms with van der Waals surface area (Å²) in [5, 5.41) is 2.26. The van der Waals surface area contributed by atoms with Gasteiger partial charge in [-0.05, 0) is 80.9 Å². The maximum atomic E-state index is 6.47. The van der Waals surface area contributed by atoms with E-state index in [-0.39, 0.29) is 0 Å². The average Bonchev–Trinajstić information content (AvgIpc) is 3.82. The minimum Gasteiger partial charge on any atom is -0.455 e.